The molecular weight excluding hydrogens is 674 g/mol. The molecule has 12 nitrogen and oxygen atoms in total. The summed E-state index contributed by atoms with van der Waals surface area (Å²) in [5.74, 6) is -0.551. The Labute approximate surface area is 300 Å². The van der Waals surface area contributed by atoms with Gasteiger partial charge in [-0.15, -0.1) is 0 Å². The first-order valence-corrected chi connectivity index (χ1v) is 18.8. The molecule has 0 aliphatic heterocycles. The summed E-state index contributed by atoms with van der Waals surface area (Å²) in [5.41, 5.74) is 2.38. The van der Waals surface area contributed by atoms with E-state index in [0.29, 0.717) is 17.5 Å². The standard InChI is InChI=1S/C38H49N3O9S/c1-38(2,3)50-36(44)39-23-10-15-35(43)40-51(47,48)34-21-20-30(25-33(34)49-31-13-8-5-9-14-31)28-18-16-27(17-19-28)22-24-41(37(45)46)26-32(42)29-11-6-4-7-12-29/h4,6-7,11-12,16-21,25,31-32,42H,5,8-10,13-15,22-24,26H2,1-3H3,(H,39,44)(H,40,43)(H,45,46)/t32-/m1/s1. The van der Waals surface area contributed by atoms with E-state index < -0.39 is 39.8 Å². The summed E-state index contributed by atoms with van der Waals surface area (Å²) in [5, 5.41) is 22.8. The second-order valence-corrected chi connectivity index (χ2v) is 15.4. The number of hydrogen-bond donors (Lipinski definition) is 4. The average molecular weight is 724 g/mol. The number of nitrogens with zero attached hydrogens (tertiary/aromatic N) is 1. The molecule has 1 atom stereocenters. The van der Waals surface area contributed by atoms with E-state index in [9.17, 15) is 33.0 Å². The summed E-state index contributed by atoms with van der Waals surface area (Å²) in [6, 6.07) is 21.2. The van der Waals surface area contributed by atoms with Gasteiger partial charge < -0.3 is 29.9 Å². The van der Waals surface area contributed by atoms with E-state index in [2.05, 4.69) is 10.0 Å². The van der Waals surface area contributed by atoms with E-state index in [0.717, 1.165) is 43.2 Å². The minimum atomic E-state index is -4.28. The van der Waals surface area contributed by atoms with Gasteiger partial charge in [-0.2, -0.15) is 0 Å². The molecule has 0 saturated heterocycles. The van der Waals surface area contributed by atoms with Crippen molar-refractivity contribution < 1.29 is 42.5 Å². The number of ether oxygens (including phenoxy) is 2. The molecule has 4 rings (SSSR count). The van der Waals surface area contributed by atoms with Gasteiger partial charge in [-0.1, -0.05) is 67.1 Å². The van der Waals surface area contributed by atoms with Crippen LogP contribution in [0.1, 0.15) is 82.9 Å². The summed E-state index contributed by atoms with van der Waals surface area (Å²) >= 11 is 0. The Hall–Kier alpha value is -4.62. The van der Waals surface area contributed by atoms with Crippen LogP contribution in [0.2, 0.25) is 0 Å². The lowest BCUT2D eigenvalue weighted by Gasteiger charge is -2.24. The highest BCUT2D eigenvalue weighted by Crippen LogP contribution is 2.33. The zero-order chi connectivity index (χ0) is 37.0. The fourth-order valence-corrected chi connectivity index (χ4v) is 6.89. The predicted molar refractivity (Wildman–Crippen MR) is 193 cm³/mol. The first-order valence-electron chi connectivity index (χ1n) is 17.3. The Bertz CT molecular complexity index is 1720. The van der Waals surface area contributed by atoms with E-state index in [-0.39, 0.29) is 49.2 Å². The normalized spacial score (nSPS) is 14.3. The number of carboxylic acid groups (broad SMARTS) is 1. The quantitative estimate of drug-likeness (QED) is 0.129. The number of amides is 3. The van der Waals surface area contributed by atoms with Crippen LogP contribution in [0.5, 0.6) is 5.75 Å². The van der Waals surface area contributed by atoms with Crippen molar-refractivity contribution in [3.63, 3.8) is 0 Å². The van der Waals surface area contributed by atoms with Gasteiger partial charge in [0.05, 0.1) is 18.8 Å². The number of carbonyl (C=O) groups is 3. The van der Waals surface area contributed by atoms with E-state index in [4.69, 9.17) is 9.47 Å². The number of rotatable bonds is 15. The SMILES string of the molecule is CC(C)(C)OC(=O)NCCCC(=O)NS(=O)(=O)c1ccc(-c2ccc(CCN(C[C@@H](O)c3ccccc3)C(=O)O)cc2)cc1OC1CCCCC1. The van der Waals surface area contributed by atoms with Crippen molar-refractivity contribution in [2.24, 2.45) is 0 Å². The lowest BCUT2D eigenvalue weighted by Crippen LogP contribution is -2.35. The molecule has 0 heterocycles. The molecule has 3 aromatic rings. The van der Waals surface area contributed by atoms with Gasteiger partial charge in [0.25, 0.3) is 10.0 Å². The first-order chi connectivity index (χ1) is 24.2. The van der Waals surface area contributed by atoms with Crippen LogP contribution in [0.4, 0.5) is 9.59 Å². The van der Waals surface area contributed by atoms with Crippen molar-refractivity contribution in [1.82, 2.24) is 14.9 Å². The third kappa shape index (κ3) is 12.6. The van der Waals surface area contributed by atoms with Crippen molar-refractivity contribution >= 4 is 28.1 Å². The van der Waals surface area contributed by atoms with Gasteiger partial charge in [-0.05, 0) is 93.7 Å². The van der Waals surface area contributed by atoms with Crippen LogP contribution in [0.3, 0.4) is 0 Å². The maximum atomic E-state index is 13.5. The fourth-order valence-electron chi connectivity index (χ4n) is 5.76. The summed E-state index contributed by atoms with van der Waals surface area (Å²) in [6.07, 6.45) is 2.33. The van der Waals surface area contributed by atoms with Gasteiger partial charge in [0.2, 0.25) is 5.91 Å². The molecule has 3 amide bonds. The fraction of sp³-hybridized carbons (Fsp3) is 0.447. The first kappa shape index (κ1) is 39.2. The molecule has 4 N–H and O–H groups in total. The Morgan fingerprint density at radius 2 is 1.61 bits per heavy atom. The van der Waals surface area contributed by atoms with Crippen molar-refractivity contribution in [2.75, 3.05) is 19.6 Å². The van der Waals surface area contributed by atoms with Gasteiger partial charge in [-0.3, -0.25) is 4.79 Å². The lowest BCUT2D eigenvalue weighted by molar-refractivity contribution is -0.119. The highest BCUT2D eigenvalue weighted by atomic mass is 32.2. The van der Waals surface area contributed by atoms with Crippen LogP contribution in [0, 0.1) is 0 Å². The number of aliphatic hydroxyl groups excluding tert-OH is 1. The second kappa shape index (κ2) is 18.0. The number of sulfonamides is 1. The summed E-state index contributed by atoms with van der Waals surface area (Å²) in [7, 11) is -4.28. The molecule has 1 fully saturated rings. The van der Waals surface area contributed by atoms with E-state index in [1.807, 2.05) is 30.3 Å². The number of alkyl carbamates (subject to hydrolysis) is 1. The zero-order valence-corrected chi connectivity index (χ0v) is 30.3. The van der Waals surface area contributed by atoms with Crippen LogP contribution in [-0.4, -0.2) is 73.0 Å². The molecule has 3 aromatic carbocycles. The Morgan fingerprint density at radius 3 is 2.25 bits per heavy atom. The van der Waals surface area contributed by atoms with E-state index in [1.165, 1.54) is 11.0 Å². The number of carbonyl (C=O) groups excluding carboxylic acids is 2. The second-order valence-electron chi connectivity index (χ2n) is 13.7. The van der Waals surface area contributed by atoms with Crippen LogP contribution in [-0.2, 0) is 26.0 Å². The van der Waals surface area contributed by atoms with Crippen molar-refractivity contribution in [3.8, 4) is 16.9 Å². The number of hydrogen-bond acceptors (Lipinski definition) is 8. The molecule has 0 unspecified atom stereocenters. The topological polar surface area (TPSA) is 172 Å². The predicted octanol–water partition coefficient (Wildman–Crippen LogP) is 6.43. The van der Waals surface area contributed by atoms with Crippen LogP contribution in [0.25, 0.3) is 11.1 Å². The van der Waals surface area contributed by atoms with Gasteiger partial charge in [0, 0.05) is 19.5 Å². The summed E-state index contributed by atoms with van der Waals surface area (Å²) in [4.78, 5) is 37.4. The number of nitrogens with one attached hydrogen (secondary N) is 2. The molecule has 0 radical (unpaired) electrons. The van der Waals surface area contributed by atoms with Gasteiger partial charge in [-0.25, -0.2) is 22.7 Å². The average Bonchev–Trinajstić information content (AvgIpc) is 3.08. The molecular formula is C38H49N3O9S. The largest absolute Gasteiger partial charge is 0.489 e. The van der Waals surface area contributed by atoms with Crippen molar-refractivity contribution in [1.29, 1.82) is 0 Å². The minimum Gasteiger partial charge on any atom is -0.489 e. The van der Waals surface area contributed by atoms with Crippen LogP contribution in [0.15, 0.2) is 77.7 Å². The molecule has 0 aromatic heterocycles. The third-order valence-electron chi connectivity index (χ3n) is 8.38. The molecule has 13 heteroatoms. The molecule has 0 bridgehead atoms. The van der Waals surface area contributed by atoms with Gasteiger partial charge >= 0.3 is 12.2 Å². The number of aliphatic hydroxyl groups is 1. The lowest BCUT2D eigenvalue weighted by atomic mass is 9.97. The maximum absolute atomic E-state index is 13.5. The zero-order valence-electron chi connectivity index (χ0n) is 29.5. The molecule has 1 saturated carbocycles. The highest BCUT2D eigenvalue weighted by molar-refractivity contribution is 7.90. The maximum Gasteiger partial charge on any atom is 0.407 e. The van der Waals surface area contributed by atoms with E-state index in [1.54, 1.807) is 57.2 Å². The van der Waals surface area contributed by atoms with Crippen molar-refractivity contribution in [2.45, 2.75) is 94.8 Å². The summed E-state index contributed by atoms with van der Waals surface area (Å²) in [6.45, 7) is 5.49. The summed E-state index contributed by atoms with van der Waals surface area (Å²) < 4.78 is 40.5. The van der Waals surface area contributed by atoms with Crippen LogP contribution >= 0.6 is 0 Å². The molecule has 276 valence electrons. The smallest absolute Gasteiger partial charge is 0.407 e. The molecule has 51 heavy (non-hydrogen) atoms. The van der Waals surface area contributed by atoms with Crippen molar-refractivity contribution in [3.05, 3.63) is 83.9 Å². The molecule has 0 spiro atoms. The Morgan fingerprint density at radius 1 is 0.941 bits per heavy atom. The monoisotopic (exact) mass is 723 g/mol. The van der Waals surface area contributed by atoms with Gasteiger partial charge in [0.1, 0.15) is 16.2 Å². The van der Waals surface area contributed by atoms with Crippen LogP contribution < -0.4 is 14.8 Å². The third-order valence-corrected chi connectivity index (χ3v) is 9.79. The molecule has 1 aliphatic rings. The molecule has 1 aliphatic carbocycles. The minimum absolute atomic E-state index is 0.0534. The Kier molecular flexibility index (Phi) is 13.9. The van der Waals surface area contributed by atoms with E-state index >= 15 is 0 Å². The Balaban J connectivity index is 1.42. The highest BCUT2D eigenvalue weighted by Gasteiger charge is 2.26. The van der Waals surface area contributed by atoms with Gasteiger partial charge in [0.15, 0.2) is 0 Å². The number of benzene rings is 3.